The normalized spacial score (nSPS) is 15.1. The Kier molecular flexibility index (Phi) is 5.03. The lowest BCUT2D eigenvalue weighted by molar-refractivity contribution is 0.262. The van der Waals surface area contributed by atoms with Crippen LogP contribution in [0.4, 0.5) is 30.9 Å². The Labute approximate surface area is 143 Å². The molecule has 2 aromatic rings. The number of nitrogens with zero attached hydrogens (tertiary/aromatic N) is 4. The van der Waals surface area contributed by atoms with Gasteiger partial charge < -0.3 is 20.4 Å². The van der Waals surface area contributed by atoms with Crippen LogP contribution >= 0.6 is 0 Å². The highest BCUT2D eigenvalue weighted by atomic mass is 19.1. The van der Waals surface area contributed by atoms with E-state index in [1.54, 1.807) is 0 Å². The molecule has 1 fully saturated rings. The van der Waals surface area contributed by atoms with E-state index in [1.807, 2.05) is 0 Å². The van der Waals surface area contributed by atoms with Gasteiger partial charge >= 0.3 is 6.03 Å². The first-order chi connectivity index (χ1) is 12.0. The fraction of sp³-hybridized carbons (Fsp3) is 0.312. The maximum absolute atomic E-state index is 13.5. The van der Waals surface area contributed by atoms with Crippen molar-refractivity contribution in [3.63, 3.8) is 0 Å². The molecule has 0 atom stereocenters. The van der Waals surface area contributed by atoms with Crippen molar-refractivity contribution in [1.29, 1.82) is 0 Å². The lowest BCUT2D eigenvalue weighted by Crippen LogP contribution is -2.45. The van der Waals surface area contributed by atoms with Gasteiger partial charge in [0, 0.05) is 32.2 Å². The van der Waals surface area contributed by atoms with E-state index >= 15 is 0 Å². The number of carbonyl (C=O) groups is 1. The van der Waals surface area contributed by atoms with Crippen LogP contribution in [0.15, 0.2) is 30.6 Å². The predicted octanol–water partition coefficient (Wildman–Crippen LogP) is 2.15. The van der Waals surface area contributed by atoms with Crippen molar-refractivity contribution in [3.05, 3.63) is 42.2 Å². The summed E-state index contributed by atoms with van der Waals surface area (Å²) in [7, 11) is 2.06. The second-order valence-electron chi connectivity index (χ2n) is 5.77. The van der Waals surface area contributed by atoms with E-state index < -0.39 is 17.7 Å². The minimum atomic E-state index is -0.724. The number of halogens is 2. The summed E-state index contributed by atoms with van der Waals surface area (Å²) in [5.41, 5.74) is 0.111. The summed E-state index contributed by atoms with van der Waals surface area (Å²) >= 11 is 0. The average Bonchev–Trinajstić information content (AvgIpc) is 2.59. The van der Waals surface area contributed by atoms with E-state index in [9.17, 15) is 13.6 Å². The molecule has 2 N–H and O–H groups in total. The van der Waals surface area contributed by atoms with Crippen LogP contribution < -0.4 is 15.5 Å². The number of rotatable bonds is 3. The molecular weight excluding hydrogens is 330 g/mol. The smallest absolute Gasteiger partial charge is 0.323 e. The fourth-order valence-electron chi connectivity index (χ4n) is 2.43. The zero-order valence-corrected chi connectivity index (χ0v) is 13.7. The van der Waals surface area contributed by atoms with Crippen molar-refractivity contribution < 1.29 is 13.6 Å². The van der Waals surface area contributed by atoms with Crippen molar-refractivity contribution in [2.45, 2.75) is 0 Å². The topological polar surface area (TPSA) is 73.4 Å². The number of piperazine rings is 1. The van der Waals surface area contributed by atoms with Gasteiger partial charge in [-0.1, -0.05) is 0 Å². The Morgan fingerprint density at radius 2 is 1.76 bits per heavy atom. The molecule has 0 spiro atoms. The monoisotopic (exact) mass is 348 g/mol. The number of hydrogen-bond acceptors (Lipinski definition) is 5. The number of likely N-dealkylation sites (N-methyl/N-ethyl adjacent to an activating group) is 1. The van der Waals surface area contributed by atoms with Crippen molar-refractivity contribution in [1.82, 2.24) is 14.9 Å². The molecule has 1 aliphatic heterocycles. The van der Waals surface area contributed by atoms with Crippen molar-refractivity contribution in [3.8, 4) is 0 Å². The van der Waals surface area contributed by atoms with Gasteiger partial charge in [-0.25, -0.2) is 23.5 Å². The minimum Gasteiger partial charge on any atom is -0.338 e. The van der Waals surface area contributed by atoms with Crippen LogP contribution in [0.5, 0.6) is 0 Å². The van der Waals surface area contributed by atoms with Gasteiger partial charge in [0.1, 0.15) is 11.6 Å². The molecular formula is C16H18F2N6O. The first-order valence-corrected chi connectivity index (χ1v) is 7.80. The van der Waals surface area contributed by atoms with Gasteiger partial charge in [0.15, 0.2) is 0 Å². The van der Waals surface area contributed by atoms with Crippen LogP contribution in [0.2, 0.25) is 0 Å². The van der Waals surface area contributed by atoms with E-state index in [0.29, 0.717) is 11.6 Å². The molecule has 0 saturated carbocycles. The van der Waals surface area contributed by atoms with E-state index in [4.69, 9.17) is 0 Å². The SMILES string of the molecule is CN1CCN(c2ncc(NC(=O)Nc3cc(F)ccc3F)cn2)CC1. The summed E-state index contributed by atoms with van der Waals surface area (Å²) in [6.45, 7) is 3.54. The van der Waals surface area contributed by atoms with Crippen LogP contribution in [0, 0.1) is 11.6 Å². The molecule has 1 aromatic carbocycles. The van der Waals surface area contributed by atoms with Crippen LogP contribution in [-0.2, 0) is 0 Å². The maximum Gasteiger partial charge on any atom is 0.323 e. The molecule has 132 valence electrons. The van der Waals surface area contributed by atoms with Crippen molar-refractivity contribution in [2.75, 3.05) is 48.8 Å². The second-order valence-corrected chi connectivity index (χ2v) is 5.77. The average molecular weight is 348 g/mol. The third-order valence-corrected chi connectivity index (χ3v) is 3.86. The summed E-state index contributed by atoms with van der Waals surface area (Å²) in [4.78, 5) is 24.6. The molecule has 2 heterocycles. The van der Waals surface area contributed by atoms with Gasteiger partial charge in [-0.3, -0.25) is 0 Å². The number of nitrogens with one attached hydrogen (secondary N) is 2. The van der Waals surface area contributed by atoms with Gasteiger partial charge in [0.05, 0.1) is 23.8 Å². The molecule has 1 aromatic heterocycles. The quantitative estimate of drug-likeness (QED) is 0.889. The molecule has 1 aliphatic rings. The number of amides is 2. The molecule has 0 radical (unpaired) electrons. The highest BCUT2D eigenvalue weighted by molar-refractivity contribution is 5.99. The highest BCUT2D eigenvalue weighted by Gasteiger charge is 2.16. The van der Waals surface area contributed by atoms with Crippen LogP contribution in [0.25, 0.3) is 0 Å². The Hall–Kier alpha value is -2.81. The first-order valence-electron chi connectivity index (χ1n) is 7.80. The molecule has 0 unspecified atom stereocenters. The summed E-state index contributed by atoms with van der Waals surface area (Å²) in [5.74, 6) is -0.773. The largest absolute Gasteiger partial charge is 0.338 e. The van der Waals surface area contributed by atoms with Crippen molar-refractivity contribution >= 4 is 23.4 Å². The summed E-state index contributed by atoms with van der Waals surface area (Å²) in [5, 5.41) is 4.73. The molecule has 2 amide bonds. The lowest BCUT2D eigenvalue weighted by Gasteiger charge is -2.32. The zero-order chi connectivity index (χ0) is 17.8. The second kappa shape index (κ2) is 7.39. The predicted molar refractivity (Wildman–Crippen MR) is 90.7 cm³/mol. The van der Waals surface area contributed by atoms with Crippen molar-refractivity contribution in [2.24, 2.45) is 0 Å². The van der Waals surface area contributed by atoms with Gasteiger partial charge in [-0.05, 0) is 19.2 Å². The fourth-order valence-corrected chi connectivity index (χ4v) is 2.43. The standard InChI is InChI=1S/C16H18F2N6O/c1-23-4-6-24(7-5-23)15-19-9-12(10-20-15)21-16(25)22-14-8-11(17)2-3-13(14)18/h2-3,8-10H,4-7H2,1H3,(H2,21,22,25). The molecule has 0 bridgehead atoms. The first kappa shape index (κ1) is 17.0. The summed E-state index contributed by atoms with van der Waals surface area (Å²) < 4.78 is 26.6. The maximum atomic E-state index is 13.5. The number of carbonyl (C=O) groups excluding carboxylic acids is 1. The minimum absolute atomic E-state index is 0.243. The Morgan fingerprint density at radius 3 is 2.44 bits per heavy atom. The molecule has 3 rings (SSSR count). The molecule has 25 heavy (non-hydrogen) atoms. The number of aromatic nitrogens is 2. The molecule has 1 saturated heterocycles. The van der Waals surface area contributed by atoms with Gasteiger partial charge in [0.25, 0.3) is 0 Å². The van der Waals surface area contributed by atoms with Gasteiger partial charge in [0.2, 0.25) is 5.95 Å². The Bertz CT molecular complexity index is 747. The Morgan fingerprint density at radius 1 is 1.08 bits per heavy atom. The van der Waals surface area contributed by atoms with Crippen LogP contribution in [-0.4, -0.2) is 54.1 Å². The molecule has 7 nitrogen and oxygen atoms in total. The van der Waals surface area contributed by atoms with E-state index in [2.05, 4.69) is 37.4 Å². The van der Waals surface area contributed by atoms with Crippen LogP contribution in [0.1, 0.15) is 0 Å². The van der Waals surface area contributed by atoms with E-state index in [1.165, 1.54) is 12.4 Å². The van der Waals surface area contributed by atoms with Crippen LogP contribution in [0.3, 0.4) is 0 Å². The van der Waals surface area contributed by atoms with Gasteiger partial charge in [-0.2, -0.15) is 0 Å². The highest BCUT2D eigenvalue weighted by Crippen LogP contribution is 2.16. The molecule has 9 heteroatoms. The zero-order valence-electron chi connectivity index (χ0n) is 13.7. The number of anilines is 3. The summed E-state index contributed by atoms with van der Waals surface area (Å²) in [6.07, 6.45) is 2.95. The number of benzene rings is 1. The third-order valence-electron chi connectivity index (χ3n) is 3.86. The van der Waals surface area contributed by atoms with E-state index in [-0.39, 0.29) is 5.69 Å². The van der Waals surface area contributed by atoms with E-state index in [0.717, 1.165) is 44.4 Å². The third kappa shape index (κ3) is 4.38. The number of urea groups is 1. The lowest BCUT2D eigenvalue weighted by atomic mass is 10.3. The summed E-state index contributed by atoms with van der Waals surface area (Å²) in [6, 6.07) is 2.12. The number of hydrogen-bond donors (Lipinski definition) is 2. The molecule has 0 aliphatic carbocycles. The van der Waals surface area contributed by atoms with Gasteiger partial charge in [-0.15, -0.1) is 0 Å². The Balaban J connectivity index is 1.59.